The highest BCUT2D eigenvalue weighted by Gasteiger charge is 2.32. The number of hydrogen-bond acceptors (Lipinski definition) is 2. The molecule has 20 heavy (non-hydrogen) atoms. The van der Waals surface area contributed by atoms with E-state index >= 15 is 0 Å². The van der Waals surface area contributed by atoms with Crippen LogP contribution in [0.1, 0.15) is 12.8 Å². The molecule has 1 heterocycles. The maximum Gasteiger partial charge on any atom is 0.401 e. The minimum absolute atomic E-state index is 0.217. The lowest BCUT2D eigenvalue weighted by Gasteiger charge is -2.33. The molecule has 0 spiro atoms. The topological polar surface area (TPSA) is 15.3 Å². The molecule has 0 amide bonds. The van der Waals surface area contributed by atoms with Crippen LogP contribution in [-0.2, 0) is 0 Å². The number of benzene rings is 1. The van der Waals surface area contributed by atoms with Gasteiger partial charge in [0.05, 0.1) is 6.54 Å². The third-order valence-electron chi connectivity index (χ3n) is 3.28. The van der Waals surface area contributed by atoms with E-state index in [1.54, 1.807) is 0 Å². The van der Waals surface area contributed by atoms with Crippen LogP contribution < -0.4 is 5.32 Å². The second-order valence-corrected chi connectivity index (χ2v) is 6.53. The summed E-state index contributed by atoms with van der Waals surface area (Å²) in [6.45, 7) is 0.140. The summed E-state index contributed by atoms with van der Waals surface area (Å²) in [6.07, 6.45) is -2.67. The van der Waals surface area contributed by atoms with Crippen molar-refractivity contribution < 1.29 is 13.2 Å². The summed E-state index contributed by atoms with van der Waals surface area (Å²) in [5, 5.41) is 4.07. The van der Waals surface area contributed by atoms with Gasteiger partial charge in [0, 0.05) is 33.4 Å². The summed E-state index contributed by atoms with van der Waals surface area (Å²) >= 11 is 8.09. The van der Waals surface area contributed by atoms with Gasteiger partial charge in [-0.15, -0.1) is 0 Å². The number of anilines is 1. The van der Waals surface area contributed by atoms with Gasteiger partial charge in [-0.2, -0.15) is 13.2 Å². The van der Waals surface area contributed by atoms with Gasteiger partial charge in [-0.1, -0.05) is 11.6 Å². The Morgan fingerprint density at radius 1 is 1.30 bits per heavy atom. The number of nitrogens with one attached hydrogen (secondary N) is 1. The maximum absolute atomic E-state index is 12.3. The molecule has 7 heteroatoms. The highest BCUT2D eigenvalue weighted by molar-refractivity contribution is 14.1. The van der Waals surface area contributed by atoms with E-state index in [1.165, 1.54) is 4.90 Å². The average Bonchev–Trinajstić information content (AvgIpc) is 2.33. The van der Waals surface area contributed by atoms with Gasteiger partial charge in [0.2, 0.25) is 0 Å². The van der Waals surface area contributed by atoms with Crippen molar-refractivity contribution in [1.82, 2.24) is 4.90 Å². The fourth-order valence-corrected chi connectivity index (χ4v) is 3.34. The number of halogens is 5. The minimum atomic E-state index is -4.11. The molecule has 1 aliphatic heterocycles. The van der Waals surface area contributed by atoms with E-state index in [9.17, 15) is 13.2 Å². The second kappa shape index (κ2) is 6.70. The zero-order valence-corrected chi connectivity index (χ0v) is 13.6. The average molecular weight is 419 g/mol. The molecular formula is C13H15ClF3IN2. The molecular weight excluding hydrogens is 404 g/mol. The van der Waals surface area contributed by atoms with Gasteiger partial charge in [0.15, 0.2) is 0 Å². The highest BCUT2D eigenvalue weighted by Crippen LogP contribution is 2.26. The van der Waals surface area contributed by atoms with Crippen LogP contribution in [0.25, 0.3) is 0 Å². The van der Waals surface area contributed by atoms with Gasteiger partial charge in [-0.25, -0.2) is 0 Å². The van der Waals surface area contributed by atoms with Crippen molar-refractivity contribution in [3.8, 4) is 0 Å². The lowest BCUT2D eigenvalue weighted by atomic mass is 10.0. The Morgan fingerprint density at radius 3 is 2.50 bits per heavy atom. The van der Waals surface area contributed by atoms with Crippen LogP contribution in [0.15, 0.2) is 18.2 Å². The van der Waals surface area contributed by atoms with Crippen molar-refractivity contribution in [2.75, 3.05) is 25.0 Å². The van der Waals surface area contributed by atoms with Crippen molar-refractivity contribution in [2.45, 2.75) is 25.1 Å². The first-order valence-electron chi connectivity index (χ1n) is 6.34. The largest absolute Gasteiger partial charge is 0.401 e. The molecule has 0 saturated carbocycles. The lowest BCUT2D eigenvalue weighted by molar-refractivity contribution is -0.147. The fourth-order valence-electron chi connectivity index (χ4n) is 2.32. The van der Waals surface area contributed by atoms with E-state index in [0.717, 1.165) is 22.1 Å². The number of rotatable bonds is 3. The third kappa shape index (κ3) is 4.96. The van der Waals surface area contributed by atoms with Crippen LogP contribution in [-0.4, -0.2) is 36.8 Å². The summed E-state index contributed by atoms with van der Waals surface area (Å²) in [5.41, 5.74) is 0.990. The van der Waals surface area contributed by atoms with Gasteiger partial charge in [0.1, 0.15) is 0 Å². The maximum atomic E-state index is 12.3. The Hall–Kier alpha value is -0.210. The normalized spacial score (nSPS) is 18.2. The third-order valence-corrected chi connectivity index (χ3v) is 4.41. The summed E-state index contributed by atoms with van der Waals surface area (Å²) in [6, 6.07) is 5.80. The van der Waals surface area contributed by atoms with Crippen LogP contribution in [0, 0.1) is 3.57 Å². The van der Waals surface area contributed by atoms with E-state index in [0.29, 0.717) is 18.1 Å². The Kier molecular flexibility index (Phi) is 5.42. The molecule has 1 aromatic rings. The molecule has 0 aromatic heterocycles. The quantitative estimate of drug-likeness (QED) is 0.733. The summed E-state index contributed by atoms with van der Waals surface area (Å²) in [7, 11) is 0. The first-order chi connectivity index (χ1) is 9.33. The lowest BCUT2D eigenvalue weighted by Crippen LogP contribution is -2.43. The second-order valence-electron chi connectivity index (χ2n) is 4.93. The molecule has 0 bridgehead atoms. The number of likely N-dealkylation sites (tertiary alicyclic amines) is 1. The molecule has 1 fully saturated rings. The van der Waals surface area contributed by atoms with Crippen LogP contribution in [0.3, 0.4) is 0 Å². The Labute approximate surface area is 134 Å². The number of piperidine rings is 1. The molecule has 0 aliphatic carbocycles. The molecule has 0 atom stereocenters. The summed E-state index contributed by atoms with van der Waals surface area (Å²) in [4.78, 5) is 1.46. The molecule has 0 radical (unpaired) electrons. The van der Waals surface area contributed by atoms with E-state index < -0.39 is 12.7 Å². The van der Waals surface area contributed by atoms with E-state index in [4.69, 9.17) is 11.6 Å². The monoisotopic (exact) mass is 418 g/mol. The Morgan fingerprint density at radius 2 is 1.95 bits per heavy atom. The summed E-state index contributed by atoms with van der Waals surface area (Å²) in [5.74, 6) is 0. The Balaban J connectivity index is 1.85. The molecule has 2 rings (SSSR count). The fraction of sp³-hybridized carbons (Fsp3) is 0.538. The van der Waals surface area contributed by atoms with Gasteiger partial charge in [0.25, 0.3) is 0 Å². The van der Waals surface area contributed by atoms with Crippen LogP contribution in [0.4, 0.5) is 18.9 Å². The molecule has 0 unspecified atom stereocenters. The van der Waals surface area contributed by atoms with Crippen LogP contribution in [0.5, 0.6) is 0 Å². The first-order valence-corrected chi connectivity index (χ1v) is 7.80. The predicted octanol–water partition coefficient (Wildman–Crippen LogP) is 4.38. The van der Waals surface area contributed by atoms with Crippen molar-refractivity contribution in [3.05, 3.63) is 26.8 Å². The molecule has 1 N–H and O–H groups in total. The molecule has 112 valence electrons. The molecule has 2 nitrogen and oxygen atoms in total. The van der Waals surface area contributed by atoms with Gasteiger partial charge in [-0.05, 0) is 53.6 Å². The molecule has 1 saturated heterocycles. The van der Waals surface area contributed by atoms with E-state index in [1.807, 2.05) is 18.2 Å². The summed E-state index contributed by atoms with van der Waals surface area (Å²) < 4.78 is 37.9. The van der Waals surface area contributed by atoms with Gasteiger partial charge < -0.3 is 5.32 Å². The zero-order valence-electron chi connectivity index (χ0n) is 10.7. The van der Waals surface area contributed by atoms with Crippen LogP contribution >= 0.6 is 34.2 Å². The minimum Gasteiger partial charge on any atom is -0.381 e. The highest BCUT2D eigenvalue weighted by atomic mass is 127. The van der Waals surface area contributed by atoms with Crippen molar-refractivity contribution in [1.29, 1.82) is 0 Å². The standard InChI is InChI=1S/C13H15ClF3IN2/c14-9-1-2-12(11(18)7-9)19-10-3-5-20(6-4-10)8-13(15,16)17/h1-2,7,10,19H,3-6,8H2. The van der Waals surface area contributed by atoms with Crippen molar-refractivity contribution in [3.63, 3.8) is 0 Å². The van der Waals surface area contributed by atoms with E-state index in [-0.39, 0.29) is 6.04 Å². The van der Waals surface area contributed by atoms with E-state index in [2.05, 4.69) is 27.9 Å². The first kappa shape index (κ1) is 16.2. The van der Waals surface area contributed by atoms with Crippen LogP contribution in [0.2, 0.25) is 5.02 Å². The smallest absolute Gasteiger partial charge is 0.381 e. The van der Waals surface area contributed by atoms with Gasteiger partial charge >= 0.3 is 6.18 Å². The zero-order chi connectivity index (χ0) is 14.8. The van der Waals surface area contributed by atoms with Crippen molar-refractivity contribution in [2.24, 2.45) is 0 Å². The number of nitrogens with zero attached hydrogens (tertiary/aromatic N) is 1. The molecule has 1 aliphatic rings. The molecule has 1 aromatic carbocycles. The van der Waals surface area contributed by atoms with Gasteiger partial charge in [-0.3, -0.25) is 4.90 Å². The number of alkyl halides is 3. The van der Waals surface area contributed by atoms with Crippen molar-refractivity contribution >= 4 is 39.9 Å². The number of hydrogen-bond donors (Lipinski definition) is 1. The SMILES string of the molecule is FC(F)(F)CN1CCC(Nc2ccc(Cl)cc2I)CC1. The predicted molar refractivity (Wildman–Crippen MR) is 83.3 cm³/mol. The Bertz CT molecular complexity index is 459.